The summed E-state index contributed by atoms with van der Waals surface area (Å²) >= 11 is 1.32. The summed E-state index contributed by atoms with van der Waals surface area (Å²) in [5, 5.41) is 17.9. The van der Waals surface area contributed by atoms with Gasteiger partial charge in [-0.1, -0.05) is 0 Å². The summed E-state index contributed by atoms with van der Waals surface area (Å²) < 4.78 is 6.65. The molecule has 1 N–H and O–H groups in total. The molecule has 158 valence electrons. The Bertz CT molecular complexity index is 1060. The van der Waals surface area contributed by atoms with Gasteiger partial charge in [-0.2, -0.15) is 4.52 Å². The number of piperidine rings is 1. The van der Waals surface area contributed by atoms with Gasteiger partial charge in [0.1, 0.15) is 5.82 Å². The number of carbonyl (C=O) groups is 2. The predicted octanol–water partition coefficient (Wildman–Crippen LogP) is 1.85. The molecule has 1 aliphatic heterocycles. The van der Waals surface area contributed by atoms with Gasteiger partial charge in [-0.15, -0.1) is 26.6 Å². The average molecular weight is 430 g/mol. The molecule has 0 unspecified atom stereocenters. The van der Waals surface area contributed by atoms with Gasteiger partial charge >= 0.3 is 5.97 Å². The van der Waals surface area contributed by atoms with E-state index in [9.17, 15) is 9.59 Å². The number of aryl methyl sites for hydroxylation is 1. The van der Waals surface area contributed by atoms with Crippen molar-refractivity contribution < 1.29 is 14.3 Å². The highest BCUT2D eigenvalue weighted by Crippen LogP contribution is 2.24. The molecular formula is C19H23N7O3S. The van der Waals surface area contributed by atoms with Crippen LogP contribution in [-0.4, -0.2) is 56.4 Å². The Labute approximate surface area is 177 Å². The van der Waals surface area contributed by atoms with E-state index in [2.05, 4.69) is 30.5 Å². The van der Waals surface area contributed by atoms with E-state index in [4.69, 9.17) is 4.74 Å². The fourth-order valence-corrected chi connectivity index (χ4v) is 4.15. The number of thiazole rings is 1. The Morgan fingerprint density at radius 3 is 2.83 bits per heavy atom. The molecule has 0 spiro atoms. The third kappa shape index (κ3) is 4.40. The zero-order valence-corrected chi connectivity index (χ0v) is 17.7. The maximum atomic E-state index is 12.6. The fraction of sp³-hybridized carbons (Fsp3) is 0.474. The molecular weight excluding hydrogens is 406 g/mol. The van der Waals surface area contributed by atoms with E-state index in [1.165, 1.54) is 11.3 Å². The lowest BCUT2D eigenvalue weighted by atomic mass is 9.96. The fourth-order valence-electron chi connectivity index (χ4n) is 3.44. The molecule has 1 saturated heterocycles. The van der Waals surface area contributed by atoms with Gasteiger partial charge in [0.15, 0.2) is 16.6 Å². The van der Waals surface area contributed by atoms with Crippen molar-refractivity contribution in [3.05, 3.63) is 29.0 Å². The van der Waals surface area contributed by atoms with E-state index in [-0.39, 0.29) is 24.2 Å². The van der Waals surface area contributed by atoms with Gasteiger partial charge in [0, 0.05) is 24.4 Å². The maximum absolute atomic E-state index is 12.6. The van der Waals surface area contributed by atoms with E-state index in [1.54, 1.807) is 16.8 Å². The van der Waals surface area contributed by atoms with Crippen molar-refractivity contribution in [3.63, 3.8) is 0 Å². The molecule has 4 heterocycles. The minimum Gasteiger partial charge on any atom is -0.466 e. The van der Waals surface area contributed by atoms with Crippen molar-refractivity contribution in [1.29, 1.82) is 0 Å². The molecule has 4 rings (SSSR count). The zero-order valence-electron chi connectivity index (χ0n) is 16.9. The number of ether oxygens (including phenoxy) is 1. The predicted molar refractivity (Wildman–Crippen MR) is 112 cm³/mol. The average Bonchev–Trinajstić information content (AvgIpc) is 3.34. The molecule has 0 radical (unpaired) electrons. The maximum Gasteiger partial charge on any atom is 0.311 e. The summed E-state index contributed by atoms with van der Waals surface area (Å²) in [6, 6.07) is 3.84. The number of esters is 1. The Balaban J connectivity index is 1.31. The minimum absolute atomic E-state index is 0.0373. The van der Waals surface area contributed by atoms with Gasteiger partial charge in [0.25, 0.3) is 0 Å². The van der Waals surface area contributed by atoms with Crippen molar-refractivity contribution in [2.45, 2.75) is 33.1 Å². The van der Waals surface area contributed by atoms with Gasteiger partial charge in [-0.3, -0.25) is 9.59 Å². The van der Waals surface area contributed by atoms with Crippen LogP contribution in [0.5, 0.6) is 0 Å². The zero-order chi connectivity index (χ0) is 21.1. The minimum atomic E-state index is -0.318. The quantitative estimate of drug-likeness (QED) is 0.591. The summed E-state index contributed by atoms with van der Waals surface area (Å²) in [6.07, 6.45) is 1.57. The van der Waals surface area contributed by atoms with E-state index in [0.717, 1.165) is 43.2 Å². The summed E-state index contributed by atoms with van der Waals surface area (Å²) in [5.41, 5.74) is 1.32. The van der Waals surface area contributed by atoms with Crippen LogP contribution in [0.2, 0.25) is 0 Å². The summed E-state index contributed by atoms with van der Waals surface area (Å²) in [6.45, 7) is 5.45. The number of hydrogen-bond acceptors (Lipinski definition) is 9. The van der Waals surface area contributed by atoms with Crippen LogP contribution in [0.15, 0.2) is 17.5 Å². The number of carbonyl (C=O) groups excluding carboxylic acids is 2. The number of aromatic nitrogens is 5. The van der Waals surface area contributed by atoms with Crippen LogP contribution in [0.4, 0.5) is 10.9 Å². The van der Waals surface area contributed by atoms with E-state index >= 15 is 0 Å². The van der Waals surface area contributed by atoms with Crippen molar-refractivity contribution in [3.8, 4) is 0 Å². The van der Waals surface area contributed by atoms with Gasteiger partial charge in [-0.05, 0) is 38.8 Å². The molecule has 0 aliphatic carbocycles. The first kappa shape index (κ1) is 20.2. The van der Waals surface area contributed by atoms with Gasteiger partial charge in [0.05, 0.1) is 18.7 Å². The topological polar surface area (TPSA) is 115 Å². The Morgan fingerprint density at radius 2 is 2.07 bits per heavy atom. The second kappa shape index (κ2) is 8.74. The molecule has 3 aromatic heterocycles. The summed E-state index contributed by atoms with van der Waals surface area (Å²) in [7, 11) is 0. The lowest BCUT2D eigenvalue weighted by Crippen LogP contribution is -2.38. The Kier molecular flexibility index (Phi) is 5.88. The SMILES string of the molecule is CCOC(=O)Cc1csc(NC(=O)C2CCN(c3ccc4nnc(C)n4n3)CC2)n1. The molecule has 1 amide bonds. The molecule has 3 aromatic rings. The lowest BCUT2D eigenvalue weighted by Gasteiger charge is -2.31. The van der Waals surface area contributed by atoms with Gasteiger partial charge < -0.3 is 15.0 Å². The number of nitrogens with one attached hydrogen (secondary N) is 1. The van der Waals surface area contributed by atoms with Gasteiger partial charge in [-0.25, -0.2) is 4.98 Å². The highest BCUT2D eigenvalue weighted by atomic mass is 32.1. The first-order valence-corrected chi connectivity index (χ1v) is 10.8. The third-order valence-electron chi connectivity index (χ3n) is 5.01. The van der Waals surface area contributed by atoms with Crippen molar-refractivity contribution in [2.24, 2.45) is 5.92 Å². The van der Waals surface area contributed by atoms with Crippen molar-refractivity contribution >= 4 is 39.8 Å². The Morgan fingerprint density at radius 1 is 1.27 bits per heavy atom. The molecule has 0 atom stereocenters. The number of fused-ring (bicyclic) bond motifs is 1. The number of amides is 1. The number of nitrogens with zero attached hydrogens (tertiary/aromatic N) is 6. The normalized spacial score (nSPS) is 14.8. The van der Waals surface area contributed by atoms with Crippen LogP contribution < -0.4 is 10.2 Å². The van der Waals surface area contributed by atoms with Crippen LogP contribution in [-0.2, 0) is 20.7 Å². The van der Waals surface area contributed by atoms with Crippen LogP contribution in [0.25, 0.3) is 5.65 Å². The number of hydrogen-bond donors (Lipinski definition) is 1. The lowest BCUT2D eigenvalue weighted by molar-refractivity contribution is -0.142. The van der Waals surface area contributed by atoms with Gasteiger partial charge in [0.2, 0.25) is 5.91 Å². The van der Waals surface area contributed by atoms with E-state index in [0.29, 0.717) is 17.4 Å². The van der Waals surface area contributed by atoms with Crippen LogP contribution in [0, 0.1) is 12.8 Å². The largest absolute Gasteiger partial charge is 0.466 e. The van der Waals surface area contributed by atoms with Crippen molar-refractivity contribution in [2.75, 3.05) is 29.9 Å². The smallest absolute Gasteiger partial charge is 0.311 e. The highest BCUT2D eigenvalue weighted by molar-refractivity contribution is 7.13. The number of rotatable bonds is 6. The molecule has 10 nitrogen and oxygen atoms in total. The molecule has 1 aliphatic rings. The monoisotopic (exact) mass is 429 g/mol. The highest BCUT2D eigenvalue weighted by Gasteiger charge is 2.26. The van der Waals surface area contributed by atoms with Crippen LogP contribution >= 0.6 is 11.3 Å². The molecule has 0 saturated carbocycles. The molecule has 30 heavy (non-hydrogen) atoms. The van der Waals surface area contributed by atoms with Crippen LogP contribution in [0.1, 0.15) is 31.3 Å². The summed E-state index contributed by atoms with van der Waals surface area (Å²) in [5.74, 6) is 1.16. The molecule has 1 fully saturated rings. The van der Waals surface area contributed by atoms with Crippen LogP contribution in [0.3, 0.4) is 0 Å². The first-order chi connectivity index (χ1) is 14.5. The molecule has 11 heteroatoms. The summed E-state index contributed by atoms with van der Waals surface area (Å²) in [4.78, 5) is 30.7. The van der Waals surface area contributed by atoms with E-state index in [1.807, 2.05) is 19.1 Å². The molecule has 0 aromatic carbocycles. The standard InChI is InChI=1S/C19H23N7O3S/c1-3-29-17(27)10-14-11-30-19(20-14)21-18(28)13-6-8-25(9-7-13)16-5-4-15-23-22-12(2)26(15)24-16/h4-5,11,13H,3,6-10H2,1-2H3,(H,20,21,28). The third-order valence-corrected chi connectivity index (χ3v) is 5.81. The van der Waals surface area contributed by atoms with Crippen molar-refractivity contribution in [1.82, 2.24) is 24.8 Å². The number of anilines is 2. The van der Waals surface area contributed by atoms with E-state index < -0.39 is 0 Å². The second-order valence-electron chi connectivity index (χ2n) is 7.09. The Hall–Kier alpha value is -3.08. The molecule has 0 bridgehead atoms. The first-order valence-electron chi connectivity index (χ1n) is 9.88. The second-order valence-corrected chi connectivity index (χ2v) is 7.94.